The first-order valence-corrected chi connectivity index (χ1v) is 12.2. The van der Waals surface area contributed by atoms with Gasteiger partial charge in [0.1, 0.15) is 30.0 Å². The number of nitrogens with zero attached hydrogens (tertiary/aromatic N) is 4. The van der Waals surface area contributed by atoms with E-state index in [0.717, 1.165) is 0 Å². The van der Waals surface area contributed by atoms with E-state index in [2.05, 4.69) is 32.2 Å². The molecular formula is C24H40N6O8. The molecule has 38 heavy (non-hydrogen) atoms. The Kier molecular flexibility index (Phi) is 14.2. The second-order valence-corrected chi connectivity index (χ2v) is 9.37. The molecule has 1 saturated heterocycles. The third-order valence-corrected chi connectivity index (χ3v) is 4.88. The summed E-state index contributed by atoms with van der Waals surface area (Å²) in [5.74, 6) is -1.04. The van der Waals surface area contributed by atoms with Crippen LogP contribution in [0.5, 0.6) is 0 Å². The summed E-state index contributed by atoms with van der Waals surface area (Å²) < 4.78 is 15.7. The second kappa shape index (κ2) is 16.5. The number of aliphatic hydroxyl groups excluding tert-OH is 2. The highest BCUT2D eigenvalue weighted by molar-refractivity contribution is 6.10. The van der Waals surface area contributed by atoms with E-state index in [4.69, 9.17) is 14.2 Å². The Morgan fingerprint density at radius 3 is 2.58 bits per heavy atom. The van der Waals surface area contributed by atoms with Crippen LogP contribution in [0.1, 0.15) is 46.5 Å². The van der Waals surface area contributed by atoms with Crippen molar-refractivity contribution >= 4 is 36.5 Å². The van der Waals surface area contributed by atoms with Crippen molar-refractivity contribution in [3.8, 4) is 0 Å². The van der Waals surface area contributed by atoms with Gasteiger partial charge in [-0.3, -0.25) is 14.6 Å². The molecule has 0 radical (unpaired) electrons. The topological polar surface area (TPSA) is 184 Å². The molecule has 1 aliphatic heterocycles. The summed E-state index contributed by atoms with van der Waals surface area (Å²) in [6.07, 6.45) is 0.463. The molecule has 14 heteroatoms. The summed E-state index contributed by atoms with van der Waals surface area (Å²) in [5, 5.41) is 24.2. The van der Waals surface area contributed by atoms with Crippen molar-refractivity contribution in [2.75, 3.05) is 33.9 Å². The molecule has 214 valence electrons. The number of carbonyl (C=O) groups is 3. The SMILES string of the molecule is C=C(/N=C\N(C)[C@H]1CC(O)[C@@H](CO)O1)/C(=N\C=N/C)NC(=O)CCC(=O)OCCCNC(=O)OC(C)(C)C. The number of nitrogens with one attached hydrogen (secondary N) is 2. The molecule has 0 aromatic heterocycles. The number of ether oxygens (including phenoxy) is 3. The lowest BCUT2D eigenvalue weighted by Crippen LogP contribution is -2.33. The van der Waals surface area contributed by atoms with E-state index in [1.807, 2.05) is 0 Å². The van der Waals surface area contributed by atoms with Gasteiger partial charge in [-0.05, 0) is 27.2 Å². The van der Waals surface area contributed by atoms with Crippen LogP contribution in [-0.2, 0) is 23.8 Å². The summed E-state index contributed by atoms with van der Waals surface area (Å²) in [6.45, 7) is 9.12. The fourth-order valence-corrected chi connectivity index (χ4v) is 2.97. The van der Waals surface area contributed by atoms with Gasteiger partial charge in [0.2, 0.25) is 5.91 Å². The molecule has 14 nitrogen and oxygen atoms in total. The van der Waals surface area contributed by atoms with Crippen molar-refractivity contribution < 1.29 is 38.8 Å². The van der Waals surface area contributed by atoms with Crippen molar-refractivity contribution in [2.45, 2.75) is 70.5 Å². The third-order valence-electron chi connectivity index (χ3n) is 4.88. The summed E-state index contributed by atoms with van der Waals surface area (Å²) in [7, 11) is 3.18. The fourth-order valence-electron chi connectivity index (χ4n) is 2.97. The van der Waals surface area contributed by atoms with E-state index < -0.39 is 42.0 Å². The number of amides is 2. The van der Waals surface area contributed by atoms with Crippen LogP contribution in [0.4, 0.5) is 4.79 Å². The standard InChI is InChI=1S/C24H40N6O8/c1-16(28-15-30(6)20-12-17(32)18(13-31)37-20)22(27-14-25-5)29-19(33)8-9-21(34)36-11-7-10-26-23(35)38-24(2,3)4/h14-15,17-18,20,31-32H,1,7-13H2,2-6H3,(H,26,35)(H,25,27,29,33)/b28-15-/t17?,18-,20-/m1/s1. The van der Waals surface area contributed by atoms with Crippen LogP contribution in [0.25, 0.3) is 0 Å². The number of aliphatic hydroxyl groups is 2. The van der Waals surface area contributed by atoms with E-state index in [-0.39, 0.29) is 50.6 Å². The van der Waals surface area contributed by atoms with Gasteiger partial charge >= 0.3 is 12.1 Å². The third kappa shape index (κ3) is 13.3. The smallest absolute Gasteiger partial charge is 0.407 e. The Bertz CT molecular complexity index is 899. The van der Waals surface area contributed by atoms with Crippen molar-refractivity contribution in [2.24, 2.45) is 15.0 Å². The first-order valence-electron chi connectivity index (χ1n) is 12.2. The van der Waals surface area contributed by atoms with E-state index in [9.17, 15) is 24.6 Å². The monoisotopic (exact) mass is 540 g/mol. The van der Waals surface area contributed by atoms with Crippen LogP contribution in [0, 0.1) is 0 Å². The average molecular weight is 541 g/mol. The molecule has 2 amide bonds. The van der Waals surface area contributed by atoms with Crippen molar-refractivity contribution in [3.05, 3.63) is 12.3 Å². The second-order valence-electron chi connectivity index (χ2n) is 9.37. The molecule has 1 unspecified atom stereocenters. The minimum Gasteiger partial charge on any atom is -0.466 e. The Morgan fingerprint density at radius 2 is 1.97 bits per heavy atom. The summed E-state index contributed by atoms with van der Waals surface area (Å²) in [5.41, 5.74) is -0.484. The fraction of sp³-hybridized carbons (Fsp3) is 0.667. The quantitative estimate of drug-likeness (QED) is 0.111. The molecule has 0 aliphatic carbocycles. The Morgan fingerprint density at radius 1 is 1.26 bits per heavy atom. The average Bonchev–Trinajstić information content (AvgIpc) is 3.22. The van der Waals surface area contributed by atoms with Crippen molar-refractivity contribution in [1.82, 2.24) is 15.5 Å². The maximum absolute atomic E-state index is 12.4. The van der Waals surface area contributed by atoms with Crippen LogP contribution >= 0.6 is 0 Å². The van der Waals surface area contributed by atoms with Gasteiger partial charge in [-0.1, -0.05) is 6.58 Å². The highest BCUT2D eigenvalue weighted by Crippen LogP contribution is 2.21. The highest BCUT2D eigenvalue weighted by Gasteiger charge is 2.35. The lowest BCUT2D eigenvalue weighted by atomic mass is 10.2. The maximum Gasteiger partial charge on any atom is 0.407 e. The normalized spacial score (nSPS) is 20.0. The van der Waals surface area contributed by atoms with Crippen molar-refractivity contribution in [1.29, 1.82) is 0 Å². The van der Waals surface area contributed by atoms with Crippen LogP contribution in [0.2, 0.25) is 0 Å². The lowest BCUT2D eigenvalue weighted by molar-refractivity contribution is -0.144. The Balaban J connectivity index is 2.45. The summed E-state index contributed by atoms with van der Waals surface area (Å²) in [6, 6.07) is 0. The molecule has 0 bridgehead atoms. The number of alkyl carbamates (subject to hydrolysis) is 1. The largest absolute Gasteiger partial charge is 0.466 e. The molecule has 1 rings (SSSR count). The van der Waals surface area contributed by atoms with Gasteiger partial charge in [-0.15, -0.1) is 0 Å². The summed E-state index contributed by atoms with van der Waals surface area (Å²) >= 11 is 0. The molecule has 0 aromatic carbocycles. The molecular weight excluding hydrogens is 500 g/mol. The number of esters is 1. The van der Waals surface area contributed by atoms with Gasteiger partial charge in [0, 0.05) is 33.5 Å². The Labute approximate surface area is 222 Å². The molecule has 1 heterocycles. The molecule has 3 atom stereocenters. The first-order chi connectivity index (χ1) is 17.9. The van der Waals surface area contributed by atoms with Crippen LogP contribution in [-0.4, -0.2) is 109 Å². The van der Waals surface area contributed by atoms with Gasteiger partial charge in [0.05, 0.1) is 32.1 Å². The van der Waals surface area contributed by atoms with Gasteiger partial charge in [-0.25, -0.2) is 14.8 Å². The number of hydrogen-bond donors (Lipinski definition) is 4. The molecule has 1 aliphatic rings. The zero-order valence-electron chi connectivity index (χ0n) is 22.7. The molecule has 0 saturated carbocycles. The Hall–Kier alpha value is -3.36. The first kappa shape index (κ1) is 32.7. The highest BCUT2D eigenvalue weighted by atomic mass is 16.6. The van der Waals surface area contributed by atoms with Crippen LogP contribution in [0.3, 0.4) is 0 Å². The van der Waals surface area contributed by atoms with E-state index in [1.165, 1.54) is 19.7 Å². The maximum atomic E-state index is 12.4. The van der Waals surface area contributed by atoms with E-state index >= 15 is 0 Å². The molecule has 1 fully saturated rings. The van der Waals surface area contributed by atoms with Gasteiger partial charge in [0.25, 0.3) is 0 Å². The molecule has 0 aromatic rings. The van der Waals surface area contributed by atoms with Crippen LogP contribution in [0.15, 0.2) is 27.3 Å². The van der Waals surface area contributed by atoms with Gasteiger partial charge in [-0.2, -0.15) is 0 Å². The van der Waals surface area contributed by atoms with Crippen LogP contribution < -0.4 is 10.6 Å². The zero-order valence-corrected chi connectivity index (χ0v) is 22.7. The predicted octanol–water partition coefficient (Wildman–Crippen LogP) is 0.339. The minimum absolute atomic E-state index is 0.0347. The molecule has 4 N–H and O–H groups in total. The number of carbonyl (C=O) groups excluding carboxylic acids is 3. The number of aliphatic imine (C=N–C) groups is 3. The zero-order chi connectivity index (χ0) is 28.7. The van der Waals surface area contributed by atoms with Gasteiger partial charge < -0.3 is 40.0 Å². The number of hydrogen-bond acceptors (Lipinski definition) is 10. The minimum atomic E-state index is -0.790. The lowest BCUT2D eigenvalue weighted by Gasteiger charge is -2.21. The van der Waals surface area contributed by atoms with E-state index in [0.29, 0.717) is 6.42 Å². The van der Waals surface area contributed by atoms with Gasteiger partial charge in [0.15, 0.2) is 5.84 Å². The molecule has 0 spiro atoms. The number of amidine groups is 1. The summed E-state index contributed by atoms with van der Waals surface area (Å²) in [4.78, 5) is 49.4. The predicted molar refractivity (Wildman–Crippen MR) is 141 cm³/mol. The number of rotatable bonds is 13. The van der Waals surface area contributed by atoms with Crippen molar-refractivity contribution in [3.63, 3.8) is 0 Å². The van der Waals surface area contributed by atoms with E-state index in [1.54, 1.807) is 32.7 Å².